The van der Waals surface area contributed by atoms with E-state index >= 15 is 0 Å². The Kier molecular flexibility index (Phi) is 3.14. The summed E-state index contributed by atoms with van der Waals surface area (Å²) in [5, 5.41) is 19.0. The van der Waals surface area contributed by atoms with Gasteiger partial charge in [-0.2, -0.15) is 5.26 Å². The highest BCUT2D eigenvalue weighted by Gasteiger charge is 2.10. The molecular formula is C11H10N4O. The zero-order valence-electron chi connectivity index (χ0n) is 8.55. The minimum atomic E-state index is 0.418. The number of nitriles is 1. The van der Waals surface area contributed by atoms with Crippen LogP contribution in [-0.4, -0.2) is 16.9 Å². The number of rotatable bonds is 4. The first kappa shape index (κ1) is 10.2. The fourth-order valence-corrected chi connectivity index (χ4v) is 1.33. The van der Waals surface area contributed by atoms with E-state index in [1.807, 2.05) is 36.4 Å². The van der Waals surface area contributed by atoms with Gasteiger partial charge in [-0.1, -0.05) is 30.3 Å². The summed E-state index contributed by atoms with van der Waals surface area (Å²) >= 11 is 0. The smallest absolute Gasteiger partial charge is 0.199 e. The first-order chi connectivity index (χ1) is 7.92. The van der Waals surface area contributed by atoms with Gasteiger partial charge in [-0.05, 0) is 10.3 Å². The van der Waals surface area contributed by atoms with E-state index in [0.717, 1.165) is 5.56 Å². The maximum Gasteiger partial charge on any atom is 0.199 e. The summed E-state index contributed by atoms with van der Waals surface area (Å²) in [4.78, 5) is 0. The van der Waals surface area contributed by atoms with Gasteiger partial charge in [0.05, 0.1) is 12.5 Å². The minimum Gasteiger partial charge on any atom is -0.364 e. The van der Waals surface area contributed by atoms with Gasteiger partial charge < -0.3 is 5.32 Å². The molecule has 0 bridgehead atoms. The molecule has 0 aliphatic heterocycles. The highest BCUT2D eigenvalue weighted by molar-refractivity contribution is 5.70. The molecule has 1 heterocycles. The van der Waals surface area contributed by atoms with E-state index in [9.17, 15) is 0 Å². The standard InChI is InChI=1S/C11H10N4O/c12-7-4-8-13-11-10(14-16-15-11)9-5-2-1-3-6-9/h1-3,5-6H,4,8H2,(H,13,15). The van der Waals surface area contributed by atoms with E-state index in [4.69, 9.17) is 5.26 Å². The molecule has 5 heteroatoms. The van der Waals surface area contributed by atoms with Gasteiger partial charge >= 0.3 is 0 Å². The third-order valence-electron chi connectivity index (χ3n) is 2.07. The van der Waals surface area contributed by atoms with E-state index in [0.29, 0.717) is 24.5 Å². The van der Waals surface area contributed by atoms with Crippen LogP contribution in [0.5, 0.6) is 0 Å². The summed E-state index contributed by atoms with van der Waals surface area (Å²) in [6.07, 6.45) is 0.418. The molecule has 0 aliphatic carbocycles. The van der Waals surface area contributed by atoms with Crippen LogP contribution in [0.3, 0.4) is 0 Å². The summed E-state index contributed by atoms with van der Waals surface area (Å²) in [5.74, 6) is 0.571. The van der Waals surface area contributed by atoms with E-state index in [2.05, 4.69) is 20.3 Å². The molecule has 0 amide bonds. The molecule has 1 N–H and O–H groups in total. The fraction of sp³-hybridized carbons (Fsp3) is 0.182. The fourth-order valence-electron chi connectivity index (χ4n) is 1.33. The molecule has 0 atom stereocenters. The van der Waals surface area contributed by atoms with Crippen molar-refractivity contribution >= 4 is 5.82 Å². The second kappa shape index (κ2) is 4.94. The van der Waals surface area contributed by atoms with Crippen LogP contribution >= 0.6 is 0 Å². The molecule has 2 aromatic rings. The zero-order valence-corrected chi connectivity index (χ0v) is 8.55. The Hall–Kier alpha value is -2.35. The molecule has 1 aromatic heterocycles. The lowest BCUT2D eigenvalue weighted by molar-refractivity contribution is 0.310. The number of nitrogens with zero attached hydrogens (tertiary/aromatic N) is 3. The average Bonchev–Trinajstić information content (AvgIpc) is 2.79. The quantitative estimate of drug-likeness (QED) is 0.788. The van der Waals surface area contributed by atoms with E-state index in [1.165, 1.54) is 0 Å². The van der Waals surface area contributed by atoms with Crippen molar-refractivity contribution in [2.75, 3.05) is 11.9 Å². The van der Waals surface area contributed by atoms with Crippen LogP contribution in [0.1, 0.15) is 6.42 Å². The van der Waals surface area contributed by atoms with Gasteiger partial charge in [0.15, 0.2) is 11.5 Å². The molecular weight excluding hydrogens is 204 g/mol. The maximum absolute atomic E-state index is 8.43. The largest absolute Gasteiger partial charge is 0.364 e. The maximum atomic E-state index is 8.43. The Bertz CT molecular complexity index is 486. The van der Waals surface area contributed by atoms with E-state index < -0.39 is 0 Å². The molecule has 1 aromatic carbocycles. The topological polar surface area (TPSA) is 74.7 Å². The molecule has 0 spiro atoms. The van der Waals surface area contributed by atoms with Gasteiger partial charge in [0.2, 0.25) is 0 Å². The lowest BCUT2D eigenvalue weighted by Gasteiger charge is -2.00. The lowest BCUT2D eigenvalue weighted by atomic mass is 10.1. The SMILES string of the molecule is N#CCCNc1nonc1-c1ccccc1. The number of nitrogens with one attached hydrogen (secondary N) is 1. The van der Waals surface area contributed by atoms with Crippen molar-refractivity contribution in [3.05, 3.63) is 30.3 Å². The van der Waals surface area contributed by atoms with E-state index in [-0.39, 0.29) is 0 Å². The van der Waals surface area contributed by atoms with Crippen LogP contribution in [0.25, 0.3) is 11.3 Å². The van der Waals surface area contributed by atoms with Crippen molar-refractivity contribution < 1.29 is 4.63 Å². The second-order valence-corrected chi connectivity index (χ2v) is 3.16. The first-order valence-corrected chi connectivity index (χ1v) is 4.90. The van der Waals surface area contributed by atoms with Gasteiger partial charge in [-0.3, -0.25) is 0 Å². The molecule has 0 radical (unpaired) electrons. The minimum absolute atomic E-state index is 0.418. The van der Waals surface area contributed by atoms with Crippen molar-refractivity contribution in [1.29, 1.82) is 5.26 Å². The van der Waals surface area contributed by atoms with Gasteiger partial charge in [0, 0.05) is 12.1 Å². The highest BCUT2D eigenvalue weighted by Crippen LogP contribution is 2.23. The van der Waals surface area contributed by atoms with Crippen molar-refractivity contribution in [1.82, 2.24) is 10.3 Å². The lowest BCUT2D eigenvalue weighted by Crippen LogP contribution is -2.01. The second-order valence-electron chi connectivity index (χ2n) is 3.16. The molecule has 5 nitrogen and oxygen atoms in total. The van der Waals surface area contributed by atoms with Crippen LogP contribution in [-0.2, 0) is 0 Å². The number of hydrogen-bond donors (Lipinski definition) is 1. The van der Waals surface area contributed by atoms with Gasteiger partial charge in [0.1, 0.15) is 0 Å². The molecule has 16 heavy (non-hydrogen) atoms. The molecule has 0 aliphatic rings. The zero-order chi connectivity index (χ0) is 11.2. The summed E-state index contributed by atoms with van der Waals surface area (Å²) in [6, 6.07) is 11.7. The van der Waals surface area contributed by atoms with Crippen LogP contribution in [0, 0.1) is 11.3 Å². The third-order valence-corrected chi connectivity index (χ3v) is 2.07. The predicted octanol–water partition coefficient (Wildman–Crippen LogP) is 2.06. The Morgan fingerprint density at radius 2 is 2.06 bits per heavy atom. The Morgan fingerprint density at radius 1 is 1.25 bits per heavy atom. The van der Waals surface area contributed by atoms with Gasteiger partial charge in [-0.25, -0.2) is 4.63 Å². The monoisotopic (exact) mass is 214 g/mol. The Balaban J connectivity index is 2.17. The third kappa shape index (κ3) is 2.17. The summed E-state index contributed by atoms with van der Waals surface area (Å²) in [6.45, 7) is 0.532. The van der Waals surface area contributed by atoms with Crippen molar-refractivity contribution in [2.24, 2.45) is 0 Å². The Labute approximate surface area is 92.7 Å². The molecule has 0 saturated heterocycles. The summed E-state index contributed by atoms with van der Waals surface area (Å²) in [7, 11) is 0. The van der Waals surface area contributed by atoms with Gasteiger partial charge in [-0.15, -0.1) is 0 Å². The average molecular weight is 214 g/mol. The predicted molar refractivity (Wildman–Crippen MR) is 58.5 cm³/mol. The van der Waals surface area contributed by atoms with Crippen molar-refractivity contribution in [3.8, 4) is 17.3 Å². The van der Waals surface area contributed by atoms with Gasteiger partial charge in [0.25, 0.3) is 0 Å². The number of anilines is 1. The van der Waals surface area contributed by atoms with Crippen LogP contribution in [0.15, 0.2) is 35.0 Å². The summed E-state index contributed by atoms with van der Waals surface area (Å²) in [5.41, 5.74) is 1.60. The van der Waals surface area contributed by atoms with E-state index in [1.54, 1.807) is 0 Å². The highest BCUT2D eigenvalue weighted by atomic mass is 16.6. The molecule has 2 rings (SSSR count). The summed E-state index contributed by atoms with van der Waals surface area (Å²) < 4.78 is 4.69. The molecule has 0 saturated carbocycles. The number of aromatic nitrogens is 2. The normalized spacial score (nSPS) is 9.69. The van der Waals surface area contributed by atoms with Crippen molar-refractivity contribution in [2.45, 2.75) is 6.42 Å². The number of benzene rings is 1. The van der Waals surface area contributed by atoms with Crippen molar-refractivity contribution in [3.63, 3.8) is 0 Å². The molecule has 80 valence electrons. The van der Waals surface area contributed by atoms with Crippen LogP contribution in [0.2, 0.25) is 0 Å². The van der Waals surface area contributed by atoms with Crippen LogP contribution in [0.4, 0.5) is 5.82 Å². The molecule has 0 fully saturated rings. The Morgan fingerprint density at radius 3 is 2.81 bits per heavy atom. The number of hydrogen-bond acceptors (Lipinski definition) is 5. The first-order valence-electron chi connectivity index (χ1n) is 4.90. The van der Waals surface area contributed by atoms with Crippen LogP contribution < -0.4 is 5.32 Å². The molecule has 0 unspecified atom stereocenters.